The second-order valence-corrected chi connectivity index (χ2v) is 4.99. The molecule has 19 heavy (non-hydrogen) atoms. The van der Waals surface area contributed by atoms with Crippen LogP contribution >= 0.6 is 15.9 Å². The highest BCUT2D eigenvalue weighted by molar-refractivity contribution is 9.10. The molecule has 0 saturated carbocycles. The maximum absolute atomic E-state index is 13.4. The van der Waals surface area contributed by atoms with Gasteiger partial charge in [-0.05, 0) is 43.5 Å². The molecule has 1 amide bonds. The number of hydrogen-bond acceptors (Lipinski definition) is 2. The lowest BCUT2D eigenvalue weighted by atomic mass is 10.2. The van der Waals surface area contributed by atoms with Crippen molar-refractivity contribution < 1.29 is 14.3 Å². The summed E-state index contributed by atoms with van der Waals surface area (Å²) >= 11 is 3.25. The van der Waals surface area contributed by atoms with E-state index < -0.39 is 0 Å². The van der Waals surface area contributed by atoms with Crippen molar-refractivity contribution in [3.63, 3.8) is 0 Å². The van der Waals surface area contributed by atoms with Crippen LogP contribution < -0.4 is 5.32 Å². The lowest BCUT2D eigenvalue weighted by molar-refractivity contribution is -0.116. The lowest BCUT2D eigenvalue weighted by Crippen LogP contribution is -2.22. The monoisotopic (exact) mass is 329 g/mol. The second kappa shape index (κ2) is 8.82. The van der Waals surface area contributed by atoms with Gasteiger partial charge in [0.15, 0.2) is 0 Å². The fraction of sp³-hybridized carbons (Fsp3) is 0.357. The van der Waals surface area contributed by atoms with Crippen LogP contribution in [0.25, 0.3) is 6.08 Å². The summed E-state index contributed by atoms with van der Waals surface area (Å²) in [6, 6.07) is 4.56. The molecule has 5 heteroatoms. The fourth-order valence-corrected chi connectivity index (χ4v) is 1.87. The summed E-state index contributed by atoms with van der Waals surface area (Å²) in [4.78, 5) is 11.5. The number of amides is 1. The molecule has 0 bridgehead atoms. The number of benzene rings is 1. The summed E-state index contributed by atoms with van der Waals surface area (Å²) in [5.74, 6) is -0.612. The molecule has 0 atom stereocenters. The molecule has 0 aliphatic carbocycles. The first-order chi connectivity index (χ1) is 9.13. The molecule has 0 aliphatic rings. The van der Waals surface area contributed by atoms with Crippen LogP contribution in [0, 0.1) is 5.82 Å². The van der Waals surface area contributed by atoms with Gasteiger partial charge in [-0.1, -0.05) is 15.9 Å². The van der Waals surface area contributed by atoms with Crippen LogP contribution in [0.1, 0.15) is 24.8 Å². The predicted molar refractivity (Wildman–Crippen MR) is 77.1 cm³/mol. The minimum atomic E-state index is -0.366. The molecule has 0 fully saturated rings. The molecular weight excluding hydrogens is 313 g/mol. The van der Waals surface area contributed by atoms with Crippen molar-refractivity contribution in [1.29, 1.82) is 0 Å². The van der Waals surface area contributed by atoms with E-state index in [-0.39, 0.29) is 18.3 Å². The summed E-state index contributed by atoms with van der Waals surface area (Å²) in [7, 11) is 0. The van der Waals surface area contributed by atoms with E-state index in [4.69, 9.17) is 5.11 Å². The zero-order valence-electron chi connectivity index (χ0n) is 10.5. The molecule has 0 saturated heterocycles. The Morgan fingerprint density at radius 2 is 2.16 bits per heavy atom. The van der Waals surface area contributed by atoms with Crippen molar-refractivity contribution in [3.05, 3.63) is 40.1 Å². The number of carbonyl (C=O) groups is 1. The average Bonchev–Trinajstić information content (AvgIpc) is 2.39. The smallest absolute Gasteiger partial charge is 0.244 e. The number of unbranched alkanes of at least 4 members (excludes halogenated alkanes) is 2. The van der Waals surface area contributed by atoms with Crippen LogP contribution in [0.5, 0.6) is 0 Å². The molecule has 0 spiro atoms. The van der Waals surface area contributed by atoms with E-state index in [0.717, 1.165) is 23.7 Å². The van der Waals surface area contributed by atoms with E-state index in [9.17, 15) is 9.18 Å². The van der Waals surface area contributed by atoms with Crippen LogP contribution in [-0.4, -0.2) is 24.2 Å². The highest BCUT2D eigenvalue weighted by Crippen LogP contribution is 2.16. The molecule has 0 unspecified atom stereocenters. The van der Waals surface area contributed by atoms with Gasteiger partial charge in [0.05, 0.1) is 0 Å². The van der Waals surface area contributed by atoms with E-state index in [0.29, 0.717) is 12.1 Å². The molecule has 1 aromatic carbocycles. The van der Waals surface area contributed by atoms with Gasteiger partial charge in [0, 0.05) is 29.3 Å². The van der Waals surface area contributed by atoms with E-state index in [1.807, 2.05) is 0 Å². The van der Waals surface area contributed by atoms with Gasteiger partial charge >= 0.3 is 0 Å². The van der Waals surface area contributed by atoms with Crippen LogP contribution in [0.15, 0.2) is 28.7 Å². The number of rotatable bonds is 7. The highest BCUT2D eigenvalue weighted by Gasteiger charge is 2.00. The molecule has 3 nitrogen and oxygen atoms in total. The van der Waals surface area contributed by atoms with E-state index >= 15 is 0 Å². The van der Waals surface area contributed by atoms with Gasteiger partial charge in [0.25, 0.3) is 0 Å². The topological polar surface area (TPSA) is 49.3 Å². The number of aliphatic hydroxyl groups excluding tert-OH is 1. The Balaban J connectivity index is 2.39. The summed E-state index contributed by atoms with van der Waals surface area (Å²) in [5.41, 5.74) is 0.366. The van der Waals surface area contributed by atoms with Gasteiger partial charge in [0.2, 0.25) is 5.91 Å². The molecule has 0 aliphatic heterocycles. The number of carbonyl (C=O) groups excluding carboxylic acids is 1. The maximum Gasteiger partial charge on any atom is 0.244 e. The summed E-state index contributed by atoms with van der Waals surface area (Å²) in [5, 5.41) is 11.3. The quantitative estimate of drug-likeness (QED) is 0.597. The third-order valence-electron chi connectivity index (χ3n) is 2.51. The van der Waals surface area contributed by atoms with Crippen molar-refractivity contribution in [3.8, 4) is 0 Å². The van der Waals surface area contributed by atoms with Gasteiger partial charge < -0.3 is 10.4 Å². The van der Waals surface area contributed by atoms with Crippen LogP contribution in [0.4, 0.5) is 4.39 Å². The van der Waals surface area contributed by atoms with Crippen molar-refractivity contribution >= 4 is 27.9 Å². The molecule has 1 rings (SSSR count). The fourth-order valence-electron chi connectivity index (χ4n) is 1.49. The molecule has 2 N–H and O–H groups in total. The molecule has 1 aromatic rings. The largest absolute Gasteiger partial charge is 0.396 e. The predicted octanol–water partition coefficient (Wildman–Crippen LogP) is 2.88. The second-order valence-electron chi connectivity index (χ2n) is 4.07. The van der Waals surface area contributed by atoms with Crippen LogP contribution in [-0.2, 0) is 4.79 Å². The van der Waals surface area contributed by atoms with Crippen molar-refractivity contribution in [2.24, 2.45) is 0 Å². The molecule has 0 radical (unpaired) electrons. The Morgan fingerprint density at radius 3 is 2.89 bits per heavy atom. The lowest BCUT2D eigenvalue weighted by Gasteiger charge is -2.01. The Hall–Kier alpha value is -1.20. The molecule has 0 heterocycles. The Bertz CT molecular complexity index is 449. The zero-order chi connectivity index (χ0) is 14.1. The Labute approximate surface area is 120 Å². The first kappa shape index (κ1) is 15.9. The minimum absolute atomic E-state index is 0.177. The Kier molecular flexibility index (Phi) is 7.36. The van der Waals surface area contributed by atoms with Gasteiger partial charge in [0.1, 0.15) is 5.82 Å². The van der Waals surface area contributed by atoms with Crippen LogP contribution in [0.2, 0.25) is 0 Å². The van der Waals surface area contributed by atoms with E-state index in [2.05, 4.69) is 21.2 Å². The number of nitrogens with one attached hydrogen (secondary N) is 1. The maximum atomic E-state index is 13.4. The van der Waals surface area contributed by atoms with Crippen LogP contribution in [0.3, 0.4) is 0 Å². The van der Waals surface area contributed by atoms with E-state index in [1.165, 1.54) is 18.2 Å². The van der Waals surface area contributed by atoms with Crippen molar-refractivity contribution in [2.75, 3.05) is 13.2 Å². The third-order valence-corrected chi connectivity index (χ3v) is 3.00. The van der Waals surface area contributed by atoms with Crippen molar-refractivity contribution in [2.45, 2.75) is 19.3 Å². The number of aliphatic hydroxyl groups is 1. The third kappa shape index (κ3) is 6.50. The average molecular weight is 330 g/mol. The summed E-state index contributed by atoms with van der Waals surface area (Å²) < 4.78 is 14.1. The van der Waals surface area contributed by atoms with Gasteiger partial charge in [-0.25, -0.2) is 4.39 Å². The molecule has 0 aromatic heterocycles. The molecular formula is C14H17BrFNO2. The molecule has 104 valence electrons. The highest BCUT2D eigenvalue weighted by atomic mass is 79.9. The van der Waals surface area contributed by atoms with Crippen molar-refractivity contribution in [1.82, 2.24) is 5.32 Å². The minimum Gasteiger partial charge on any atom is -0.396 e. The summed E-state index contributed by atoms with van der Waals surface area (Å²) in [6.45, 7) is 0.736. The summed E-state index contributed by atoms with van der Waals surface area (Å²) in [6.07, 6.45) is 5.21. The Morgan fingerprint density at radius 1 is 1.37 bits per heavy atom. The van der Waals surface area contributed by atoms with E-state index in [1.54, 1.807) is 12.1 Å². The SMILES string of the molecule is O=C(/C=C/c1cc(Br)ccc1F)NCCCCCO. The van der Waals surface area contributed by atoms with Gasteiger partial charge in [-0.15, -0.1) is 0 Å². The standard InChI is InChI=1S/C14H17BrFNO2/c15-12-5-6-13(16)11(10-12)4-7-14(19)17-8-2-1-3-9-18/h4-7,10,18H,1-3,8-9H2,(H,17,19)/b7-4+. The van der Waals surface area contributed by atoms with Gasteiger partial charge in [-0.3, -0.25) is 4.79 Å². The number of halogens is 2. The number of hydrogen-bond donors (Lipinski definition) is 2. The van der Waals surface area contributed by atoms with Gasteiger partial charge in [-0.2, -0.15) is 0 Å². The normalized spacial score (nSPS) is 10.9. The first-order valence-corrected chi connectivity index (χ1v) is 6.94. The zero-order valence-corrected chi connectivity index (χ0v) is 12.1. The first-order valence-electron chi connectivity index (χ1n) is 6.15.